The molecule has 0 unspecified atom stereocenters. The zero-order valence-electron chi connectivity index (χ0n) is 14.2. The van der Waals surface area contributed by atoms with Gasteiger partial charge in [0.25, 0.3) is 0 Å². The third-order valence-electron chi connectivity index (χ3n) is 4.13. The molecule has 2 N–H and O–H groups in total. The first kappa shape index (κ1) is 18.8. The summed E-state index contributed by atoms with van der Waals surface area (Å²) in [7, 11) is -3.36. The fourth-order valence-corrected chi connectivity index (χ4v) is 3.49. The lowest BCUT2D eigenvalue weighted by Crippen LogP contribution is -2.45. The molecule has 1 aliphatic rings. The highest BCUT2D eigenvalue weighted by atomic mass is 32.2. The second-order valence-electron chi connectivity index (χ2n) is 6.33. The summed E-state index contributed by atoms with van der Waals surface area (Å²) in [5.74, 6) is 0.0899. The van der Waals surface area contributed by atoms with Crippen LogP contribution in [0.5, 0.6) is 0 Å². The number of hydrogen-bond acceptors (Lipinski definition) is 5. The van der Waals surface area contributed by atoms with E-state index in [0.717, 1.165) is 44.4 Å². The van der Waals surface area contributed by atoms with Crippen molar-refractivity contribution in [3.8, 4) is 0 Å². The lowest BCUT2D eigenvalue weighted by atomic mass is 9.98. The summed E-state index contributed by atoms with van der Waals surface area (Å²) in [4.78, 5) is 18.6. The Balaban J connectivity index is 1.91. The van der Waals surface area contributed by atoms with Crippen molar-refractivity contribution in [2.45, 2.75) is 32.4 Å². The third-order valence-corrected chi connectivity index (χ3v) is 4.80. The van der Waals surface area contributed by atoms with Gasteiger partial charge in [-0.3, -0.25) is 14.7 Å². The first-order valence-electron chi connectivity index (χ1n) is 8.23. The molecule has 134 valence electrons. The van der Waals surface area contributed by atoms with Crippen LogP contribution in [0.3, 0.4) is 0 Å². The summed E-state index contributed by atoms with van der Waals surface area (Å²) in [5.41, 5.74) is 1.01. The van der Waals surface area contributed by atoms with Gasteiger partial charge in [-0.2, -0.15) is 0 Å². The Hall–Kier alpha value is -1.51. The largest absolute Gasteiger partial charge is 0.351 e. The third kappa shape index (κ3) is 6.18. The van der Waals surface area contributed by atoms with E-state index < -0.39 is 10.0 Å². The molecular weight excluding hydrogens is 328 g/mol. The van der Waals surface area contributed by atoms with E-state index in [9.17, 15) is 13.2 Å². The van der Waals surface area contributed by atoms with Crippen molar-refractivity contribution in [3.05, 3.63) is 30.1 Å². The lowest BCUT2D eigenvalue weighted by molar-refractivity contribution is -0.120. The number of nitrogens with zero attached hydrogens (tertiary/aromatic N) is 2. The minimum atomic E-state index is -3.36. The van der Waals surface area contributed by atoms with Gasteiger partial charge < -0.3 is 5.32 Å². The number of nitrogens with one attached hydrogen (secondary N) is 2. The summed E-state index contributed by atoms with van der Waals surface area (Å²) in [6, 6.07) is 5.91. The summed E-state index contributed by atoms with van der Waals surface area (Å²) in [5, 5.41) is 2.97. The van der Waals surface area contributed by atoms with Crippen molar-refractivity contribution in [1.82, 2.24) is 19.9 Å². The molecule has 1 aliphatic heterocycles. The Morgan fingerprint density at radius 3 is 2.79 bits per heavy atom. The lowest BCUT2D eigenvalue weighted by Gasteiger charge is -2.19. The summed E-state index contributed by atoms with van der Waals surface area (Å²) in [6.07, 6.45) is 4.91. The van der Waals surface area contributed by atoms with E-state index in [-0.39, 0.29) is 18.5 Å². The van der Waals surface area contributed by atoms with Crippen molar-refractivity contribution < 1.29 is 13.2 Å². The molecule has 0 radical (unpaired) electrons. The molecule has 0 aromatic carbocycles. The molecule has 1 aromatic heterocycles. The van der Waals surface area contributed by atoms with Gasteiger partial charge in [-0.1, -0.05) is 19.4 Å². The molecule has 1 aromatic rings. The first-order valence-corrected chi connectivity index (χ1v) is 10.1. The van der Waals surface area contributed by atoms with Crippen molar-refractivity contribution >= 4 is 15.9 Å². The van der Waals surface area contributed by atoms with Gasteiger partial charge in [0, 0.05) is 31.9 Å². The first-order chi connectivity index (χ1) is 11.4. The Morgan fingerprint density at radius 1 is 1.38 bits per heavy atom. The van der Waals surface area contributed by atoms with Crippen LogP contribution in [0, 0.1) is 5.92 Å². The molecule has 8 heteroatoms. The summed E-state index contributed by atoms with van der Waals surface area (Å²) < 4.78 is 24.4. The van der Waals surface area contributed by atoms with Crippen LogP contribution in [0.2, 0.25) is 0 Å². The van der Waals surface area contributed by atoms with Crippen LogP contribution in [0.1, 0.15) is 25.5 Å². The maximum Gasteiger partial charge on any atom is 0.235 e. The number of aromatic nitrogens is 1. The van der Waals surface area contributed by atoms with Crippen LogP contribution in [-0.2, 0) is 21.4 Å². The van der Waals surface area contributed by atoms with E-state index in [2.05, 4.69) is 26.8 Å². The van der Waals surface area contributed by atoms with Crippen LogP contribution in [0.25, 0.3) is 0 Å². The Bertz CT molecular complexity index is 636. The molecule has 0 saturated carbocycles. The zero-order valence-corrected chi connectivity index (χ0v) is 15.1. The van der Waals surface area contributed by atoms with Crippen molar-refractivity contribution in [2.75, 3.05) is 25.9 Å². The van der Waals surface area contributed by atoms with Gasteiger partial charge in [0.1, 0.15) is 0 Å². The fraction of sp³-hybridized carbons (Fsp3) is 0.625. The van der Waals surface area contributed by atoms with Crippen LogP contribution in [0.4, 0.5) is 0 Å². The second kappa shape index (κ2) is 8.55. The number of pyridine rings is 1. The average molecular weight is 354 g/mol. The maximum atomic E-state index is 12.0. The van der Waals surface area contributed by atoms with Crippen molar-refractivity contribution in [2.24, 2.45) is 5.92 Å². The van der Waals surface area contributed by atoms with Crippen LogP contribution >= 0.6 is 0 Å². The highest BCUT2D eigenvalue weighted by molar-refractivity contribution is 7.88. The molecule has 1 fully saturated rings. The molecule has 1 amide bonds. The fourth-order valence-electron chi connectivity index (χ4n) is 3.09. The number of sulfonamides is 1. The zero-order chi connectivity index (χ0) is 17.6. The maximum absolute atomic E-state index is 12.0. The quantitative estimate of drug-likeness (QED) is 0.703. The molecule has 0 aliphatic carbocycles. The minimum Gasteiger partial charge on any atom is -0.351 e. The number of hydrogen-bond donors (Lipinski definition) is 2. The molecular formula is C16H26N4O3S. The van der Waals surface area contributed by atoms with E-state index >= 15 is 0 Å². The number of carbonyl (C=O) groups is 1. The van der Waals surface area contributed by atoms with E-state index in [4.69, 9.17) is 0 Å². The average Bonchev–Trinajstić information content (AvgIpc) is 2.87. The van der Waals surface area contributed by atoms with E-state index in [1.165, 1.54) is 0 Å². The normalized spacial score (nSPS) is 21.8. The SMILES string of the molecule is CCC[C@H]1CN(Cc2ccccn2)C[C@@H]1NC(=O)CNS(C)(=O)=O. The Labute approximate surface area is 143 Å². The van der Waals surface area contributed by atoms with Gasteiger partial charge >= 0.3 is 0 Å². The number of rotatable bonds is 8. The molecule has 0 spiro atoms. The van der Waals surface area contributed by atoms with Gasteiger partial charge in [-0.05, 0) is 24.5 Å². The topological polar surface area (TPSA) is 91.4 Å². The van der Waals surface area contributed by atoms with Crippen molar-refractivity contribution in [3.63, 3.8) is 0 Å². The Kier molecular flexibility index (Phi) is 6.70. The van der Waals surface area contributed by atoms with Gasteiger partial charge in [-0.25, -0.2) is 13.1 Å². The molecule has 2 rings (SSSR count). The molecule has 0 bridgehead atoms. The van der Waals surface area contributed by atoms with Crippen LogP contribution < -0.4 is 10.0 Å². The highest BCUT2D eigenvalue weighted by Gasteiger charge is 2.33. The van der Waals surface area contributed by atoms with Crippen molar-refractivity contribution in [1.29, 1.82) is 0 Å². The second-order valence-corrected chi connectivity index (χ2v) is 8.16. The molecule has 1 saturated heterocycles. The van der Waals surface area contributed by atoms with Crippen LogP contribution in [-0.4, -0.2) is 56.1 Å². The predicted octanol–water partition coefficient (Wildman–Crippen LogP) is 0.348. The molecule has 7 nitrogen and oxygen atoms in total. The molecule has 2 atom stereocenters. The van der Waals surface area contributed by atoms with Gasteiger partial charge in [0.2, 0.25) is 15.9 Å². The smallest absolute Gasteiger partial charge is 0.235 e. The number of carbonyl (C=O) groups excluding carboxylic acids is 1. The van der Waals surface area contributed by atoms with Crippen LogP contribution in [0.15, 0.2) is 24.4 Å². The minimum absolute atomic E-state index is 0.0440. The van der Waals surface area contributed by atoms with E-state index in [1.807, 2.05) is 18.2 Å². The monoisotopic (exact) mass is 354 g/mol. The van der Waals surface area contributed by atoms with Gasteiger partial charge in [-0.15, -0.1) is 0 Å². The van der Waals surface area contributed by atoms with E-state index in [1.54, 1.807) is 6.20 Å². The van der Waals surface area contributed by atoms with E-state index in [0.29, 0.717) is 5.92 Å². The summed E-state index contributed by atoms with van der Waals surface area (Å²) in [6.45, 7) is 4.34. The predicted molar refractivity (Wildman–Crippen MR) is 92.7 cm³/mol. The molecule has 2 heterocycles. The Morgan fingerprint density at radius 2 is 2.17 bits per heavy atom. The van der Waals surface area contributed by atoms with Gasteiger partial charge in [0.15, 0.2) is 0 Å². The van der Waals surface area contributed by atoms with Gasteiger partial charge in [0.05, 0.1) is 18.5 Å². The summed E-state index contributed by atoms with van der Waals surface area (Å²) >= 11 is 0. The standard InChI is InChI=1S/C16H26N4O3S/c1-3-6-13-10-20(11-14-7-4-5-8-17-14)12-15(13)19-16(21)9-18-24(2,22)23/h4-5,7-8,13,15,18H,3,6,9-12H2,1-2H3,(H,19,21)/t13-,15-/m0/s1. The number of likely N-dealkylation sites (tertiary alicyclic amines) is 1. The highest BCUT2D eigenvalue weighted by Crippen LogP contribution is 2.23. The number of amides is 1. The molecule has 24 heavy (non-hydrogen) atoms.